The second-order valence-corrected chi connectivity index (χ2v) is 8.64. The SMILES string of the molecule is COC(=O)c1csc(NC(=O)[C@H](Cc2ccccc2OC)n2c(O)c(-c3ccc(OC)cc3)[nH]c2=O)n1. The number of nitrogens with one attached hydrogen (secondary N) is 2. The topological polar surface area (TPSA) is 145 Å². The lowest BCUT2D eigenvalue weighted by molar-refractivity contribution is -0.119. The quantitative estimate of drug-likeness (QED) is 0.283. The summed E-state index contributed by atoms with van der Waals surface area (Å²) in [5, 5.41) is 15.3. The smallest absolute Gasteiger partial charge is 0.357 e. The van der Waals surface area contributed by atoms with Crippen molar-refractivity contribution < 1.29 is 28.9 Å². The number of anilines is 1. The summed E-state index contributed by atoms with van der Waals surface area (Å²) in [6.07, 6.45) is 0.0124. The minimum absolute atomic E-state index is 0.0124. The molecule has 12 heteroatoms. The highest BCUT2D eigenvalue weighted by molar-refractivity contribution is 7.14. The number of aromatic amines is 1. The summed E-state index contributed by atoms with van der Waals surface area (Å²) in [6.45, 7) is 0. The molecular formula is C25H24N4O7S. The molecule has 0 saturated heterocycles. The monoisotopic (exact) mass is 524 g/mol. The molecule has 0 aliphatic heterocycles. The molecule has 1 atom stereocenters. The summed E-state index contributed by atoms with van der Waals surface area (Å²) < 4.78 is 16.2. The first-order valence-electron chi connectivity index (χ1n) is 11.0. The Morgan fingerprint density at radius 3 is 2.51 bits per heavy atom. The molecule has 0 aliphatic rings. The maximum absolute atomic E-state index is 13.5. The summed E-state index contributed by atoms with van der Waals surface area (Å²) in [5.41, 5.74) is 0.652. The van der Waals surface area contributed by atoms with E-state index in [4.69, 9.17) is 9.47 Å². The molecule has 0 fully saturated rings. The fourth-order valence-electron chi connectivity index (χ4n) is 3.79. The first-order chi connectivity index (χ1) is 17.9. The van der Waals surface area contributed by atoms with Crippen LogP contribution in [0.2, 0.25) is 0 Å². The van der Waals surface area contributed by atoms with Gasteiger partial charge in [0.05, 0.1) is 21.3 Å². The summed E-state index contributed by atoms with van der Waals surface area (Å²) in [7, 11) is 4.26. The van der Waals surface area contributed by atoms with Gasteiger partial charge in [0.2, 0.25) is 11.8 Å². The maximum atomic E-state index is 13.5. The van der Waals surface area contributed by atoms with Crippen LogP contribution >= 0.6 is 11.3 Å². The van der Waals surface area contributed by atoms with Crippen LogP contribution in [-0.2, 0) is 16.0 Å². The van der Waals surface area contributed by atoms with Crippen LogP contribution in [0.4, 0.5) is 5.13 Å². The minimum Gasteiger partial charge on any atom is -0.497 e. The van der Waals surface area contributed by atoms with Gasteiger partial charge in [0, 0.05) is 17.4 Å². The summed E-state index contributed by atoms with van der Waals surface area (Å²) in [4.78, 5) is 45.0. The number of carbonyl (C=O) groups is 2. The van der Waals surface area contributed by atoms with E-state index in [1.807, 2.05) is 0 Å². The van der Waals surface area contributed by atoms with E-state index in [1.165, 1.54) is 26.7 Å². The standard InChI is InChI=1S/C25H24N4O7S/c1-34-16-10-8-14(9-11-16)20-22(31)29(25(33)27-20)18(12-15-6-4-5-7-19(15)35-2)21(30)28-24-26-17(13-37-24)23(32)36-3/h4-11,13,18,31H,12H2,1-3H3,(H,27,33)(H,26,28,30)/t18-/m0/s1. The van der Waals surface area contributed by atoms with E-state index < -0.39 is 29.5 Å². The zero-order chi connectivity index (χ0) is 26.5. The predicted octanol–water partition coefficient (Wildman–Crippen LogP) is 3.23. The Balaban J connectivity index is 1.74. The number of para-hydroxylation sites is 1. The minimum atomic E-state index is -1.20. The molecule has 4 rings (SSSR count). The van der Waals surface area contributed by atoms with Crippen LogP contribution in [0.5, 0.6) is 17.4 Å². The molecule has 192 valence electrons. The Labute approximate surface area is 215 Å². The van der Waals surface area contributed by atoms with Crippen LogP contribution in [0.15, 0.2) is 58.7 Å². The average molecular weight is 525 g/mol. The summed E-state index contributed by atoms with van der Waals surface area (Å²) >= 11 is 1.02. The number of thiazole rings is 1. The van der Waals surface area contributed by atoms with E-state index >= 15 is 0 Å². The lowest BCUT2D eigenvalue weighted by Gasteiger charge is -2.19. The van der Waals surface area contributed by atoms with Gasteiger partial charge >= 0.3 is 11.7 Å². The Hall–Kier alpha value is -4.58. The Kier molecular flexibility index (Phi) is 7.58. The number of amides is 1. The molecular weight excluding hydrogens is 500 g/mol. The van der Waals surface area contributed by atoms with Crippen molar-refractivity contribution in [2.45, 2.75) is 12.5 Å². The largest absolute Gasteiger partial charge is 0.497 e. The molecule has 2 heterocycles. The number of benzene rings is 2. The Morgan fingerprint density at radius 1 is 1.11 bits per heavy atom. The van der Waals surface area contributed by atoms with Gasteiger partial charge in [0.15, 0.2) is 10.8 Å². The van der Waals surface area contributed by atoms with Gasteiger partial charge in [-0.3, -0.25) is 4.79 Å². The van der Waals surface area contributed by atoms with Crippen LogP contribution in [0, 0.1) is 0 Å². The first kappa shape index (κ1) is 25.5. The summed E-state index contributed by atoms with van der Waals surface area (Å²) in [6, 6.07) is 12.6. The number of methoxy groups -OCH3 is 3. The van der Waals surface area contributed by atoms with Gasteiger partial charge in [-0.25, -0.2) is 19.1 Å². The number of aromatic hydroxyl groups is 1. The van der Waals surface area contributed by atoms with E-state index in [-0.39, 0.29) is 22.9 Å². The lowest BCUT2D eigenvalue weighted by Crippen LogP contribution is -2.33. The zero-order valence-corrected chi connectivity index (χ0v) is 21.0. The molecule has 0 spiro atoms. The van der Waals surface area contributed by atoms with Gasteiger partial charge < -0.3 is 29.6 Å². The second kappa shape index (κ2) is 11.0. The van der Waals surface area contributed by atoms with E-state index in [2.05, 4.69) is 20.0 Å². The molecule has 0 radical (unpaired) electrons. The molecule has 1 amide bonds. The molecule has 4 aromatic rings. The number of hydrogen-bond donors (Lipinski definition) is 3. The van der Waals surface area contributed by atoms with Gasteiger partial charge in [-0.2, -0.15) is 0 Å². The highest BCUT2D eigenvalue weighted by Crippen LogP contribution is 2.32. The molecule has 2 aromatic carbocycles. The van der Waals surface area contributed by atoms with E-state index in [0.717, 1.165) is 15.9 Å². The van der Waals surface area contributed by atoms with Gasteiger partial charge in [0.25, 0.3) is 0 Å². The number of esters is 1. The van der Waals surface area contributed by atoms with E-state index in [0.29, 0.717) is 22.6 Å². The number of ether oxygens (including phenoxy) is 3. The van der Waals surface area contributed by atoms with Crippen LogP contribution in [0.3, 0.4) is 0 Å². The number of nitrogens with zero attached hydrogens (tertiary/aromatic N) is 2. The maximum Gasteiger partial charge on any atom is 0.357 e. The normalized spacial score (nSPS) is 11.5. The number of carbonyl (C=O) groups excluding carboxylic acids is 2. The molecule has 0 unspecified atom stereocenters. The van der Waals surface area contributed by atoms with Crippen molar-refractivity contribution in [1.29, 1.82) is 0 Å². The number of imidazole rings is 1. The van der Waals surface area contributed by atoms with Crippen molar-refractivity contribution in [3.8, 4) is 28.6 Å². The highest BCUT2D eigenvalue weighted by Gasteiger charge is 2.30. The fraction of sp³-hybridized carbons (Fsp3) is 0.200. The number of rotatable bonds is 9. The van der Waals surface area contributed by atoms with E-state index in [1.54, 1.807) is 48.5 Å². The third-order valence-electron chi connectivity index (χ3n) is 5.63. The molecule has 37 heavy (non-hydrogen) atoms. The first-order valence-corrected chi connectivity index (χ1v) is 11.9. The van der Waals surface area contributed by atoms with E-state index in [9.17, 15) is 19.5 Å². The van der Waals surface area contributed by atoms with Gasteiger partial charge in [0.1, 0.15) is 23.2 Å². The van der Waals surface area contributed by atoms with Gasteiger partial charge in [-0.1, -0.05) is 18.2 Å². The van der Waals surface area contributed by atoms with Crippen LogP contribution in [0.25, 0.3) is 11.3 Å². The molecule has 3 N–H and O–H groups in total. The third-order valence-corrected chi connectivity index (χ3v) is 6.39. The van der Waals surface area contributed by atoms with Crippen molar-refractivity contribution in [3.05, 3.63) is 75.7 Å². The van der Waals surface area contributed by atoms with Crippen LogP contribution in [-0.4, -0.2) is 52.8 Å². The van der Waals surface area contributed by atoms with Gasteiger partial charge in [-0.05, 0) is 35.9 Å². The van der Waals surface area contributed by atoms with Crippen molar-refractivity contribution in [3.63, 3.8) is 0 Å². The number of H-pyrrole nitrogens is 1. The third kappa shape index (κ3) is 5.33. The van der Waals surface area contributed by atoms with Crippen molar-refractivity contribution in [2.75, 3.05) is 26.6 Å². The van der Waals surface area contributed by atoms with Crippen molar-refractivity contribution in [2.24, 2.45) is 0 Å². The molecule has 0 aliphatic carbocycles. The van der Waals surface area contributed by atoms with Crippen LogP contribution < -0.4 is 20.5 Å². The Morgan fingerprint density at radius 2 is 1.84 bits per heavy atom. The van der Waals surface area contributed by atoms with Gasteiger partial charge in [-0.15, -0.1) is 11.3 Å². The molecule has 0 saturated carbocycles. The fourth-order valence-corrected chi connectivity index (χ4v) is 4.47. The zero-order valence-electron chi connectivity index (χ0n) is 20.2. The number of aromatic nitrogens is 3. The lowest BCUT2D eigenvalue weighted by atomic mass is 10.0. The second-order valence-electron chi connectivity index (χ2n) is 7.78. The summed E-state index contributed by atoms with van der Waals surface area (Å²) in [5.74, 6) is -0.575. The average Bonchev–Trinajstić information content (AvgIpc) is 3.50. The Bertz CT molecular complexity index is 1470. The highest BCUT2D eigenvalue weighted by atomic mass is 32.1. The number of hydrogen-bond acceptors (Lipinski definition) is 9. The molecule has 11 nitrogen and oxygen atoms in total. The molecule has 2 aromatic heterocycles. The van der Waals surface area contributed by atoms with Crippen LogP contribution in [0.1, 0.15) is 22.1 Å². The predicted molar refractivity (Wildman–Crippen MR) is 137 cm³/mol. The van der Waals surface area contributed by atoms with Crippen molar-refractivity contribution in [1.82, 2.24) is 14.5 Å². The molecule has 0 bridgehead atoms. The van der Waals surface area contributed by atoms with Crippen molar-refractivity contribution >= 4 is 28.3 Å².